The molecule has 10 fully saturated rings. The van der Waals surface area contributed by atoms with E-state index in [1.165, 1.54) is 17.6 Å². The van der Waals surface area contributed by atoms with Crippen molar-refractivity contribution in [3.8, 4) is 0 Å². The number of carboxylic acid groups (broad SMARTS) is 1. The van der Waals surface area contributed by atoms with Crippen molar-refractivity contribution < 1.29 is 97.7 Å². The third-order valence-corrected chi connectivity index (χ3v) is 29.7. The zero-order chi connectivity index (χ0) is 67.5. The Morgan fingerprint density at radius 3 is 1.41 bits per heavy atom. The molecule has 2 aliphatic heterocycles. The van der Waals surface area contributed by atoms with Gasteiger partial charge in [-0.1, -0.05) is 94.2 Å². The van der Waals surface area contributed by atoms with Gasteiger partial charge in [0.2, 0.25) is 6.29 Å². The van der Waals surface area contributed by atoms with Crippen LogP contribution < -0.4 is 0 Å². The molecule has 12 aliphatic rings. The Hall–Kier alpha value is -3.70. The molecule has 0 aromatic rings. The molecule has 0 radical (unpaired) electrons. The molecule has 2 heterocycles. The monoisotopic (exact) mass is 1290 g/mol. The molecule has 0 amide bonds. The first-order valence-corrected chi connectivity index (χ1v) is 34.5. The maximum Gasteiger partial charge on any atom is 0.335 e. The van der Waals surface area contributed by atoms with Gasteiger partial charge in [-0.3, -0.25) is 24.0 Å². The van der Waals surface area contributed by atoms with Crippen LogP contribution in [0.4, 0.5) is 0 Å². The van der Waals surface area contributed by atoms with E-state index < -0.39 is 95.7 Å². The van der Waals surface area contributed by atoms with E-state index in [1.807, 2.05) is 26.8 Å². The third-order valence-electron chi connectivity index (χ3n) is 29.7. The summed E-state index contributed by atoms with van der Waals surface area (Å²) >= 11 is 0. The molecule has 92 heavy (non-hydrogen) atoms. The van der Waals surface area contributed by atoms with E-state index in [0.29, 0.717) is 43.9 Å². The lowest BCUT2D eigenvalue weighted by molar-refractivity contribution is -0.388. The molecule has 28 atom stereocenters. The summed E-state index contributed by atoms with van der Waals surface area (Å²) in [7, 11) is 0. The number of hydrogen-bond donors (Lipinski definition) is 7. The van der Waals surface area contributed by atoms with E-state index >= 15 is 0 Å². The SMILES string of the molecule is CC1(C)[C@@H](O)CC[C@]2(C)[C@H]3C(=O)C=C4[C@@H]5C[C@@](C)(OC=O)CC[C@]5(C)CC[C@@]4(C)[C@]3(C)CC[C@@H]12.CC1(C)[C@@H](O[C@@H]2O[C@H](C(=O)O)[C@@H](O)[C@H](O)[C@H]2O[C@@H]2O[C@H](OC=O)[C@@H](O)[C@H](O)[C@H]2O)CC[C@]2(C)[C@H]3C(=O)C=C4[C@@H]5C[C@@](C)(OC=O)CC[C@]5(C)CC[C@@]4(C)[C@]3(C)CC[C@@H]12. The number of carbonyl (C=O) groups excluding carboxylic acids is 5. The largest absolute Gasteiger partial charge is 0.479 e. The van der Waals surface area contributed by atoms with Crippen LogP contribution in [0.1, 0.15) is 213 Å². The van der Waals surface area contributed by atoms with Crippen molar-refractivity contribution in [3.63, 3.8) is 0 Å². The lowest BCUT2D eigenvalue weighted by Crippen LogP contribution is -2.68. The quantitative estimate of drug-likeness (QED) is 0.0580. The fraction of sp³-hybridized carbons (Fsp3) is 0.861. The Labute approximate surface area is 543 Å². The van der Waals surface area contributed by atoms with Crippen LogP contribution in [0, 0.1) is 89.7 Å². The molecule has 7 N–H and O–H groups in total. The van der Waals surface area contributed by atoms with Crippen molar-refractivity contribution in [1.82, 2.24) is 0 Å². The smallest absolute Gasteiger partial charge is 0.335 e. The highest BCUT2D eigenvalue weighted by molar-refractivity contribution is 5.96. The number of carboxylic acids is 1. The van der Waals surface area contributed by atoms with Gasteiger partial charge in [0.05, 0.1) is 12.2 Å². The van der Waals surface area contributed by atoms with Crippen molar-refractivity contribution in [2.75, 3.05) is 0 Å². The summed E-state index contributed by atoms with van der Waals surface area (Å²) in [6.07, 6.45) is 0.328. The number of ether oxygens (including phenoxy) is 7. The fourth-order valence-electron chi connectivity index (χ4n) is 23.7. The van der Waals surface area contributed by atoms with Crippen LogP contribution in [0.5, 0.6) is 0 Å². The number of aliphatic carboxylic acids is 1. The van der Waals surface area contributed by atoms with Gasteiger partial charge in [-0.05, 0) is 219 Å². The van der Waals surface area contributed by atoms with Gasteiger partial charge in [-0.15, -0.1) is 0 Å². The molecular weight excluding hydrogens is 1180 g/mol. The van der Waals surface area contributed by atoms with Crippen LogP contribution in [0.2, 0.25) is 0 Å². The molecule has 12 rings (SSSR count). The Balaban J connectivity index is 0.000000216. The van der Waals surface area contributed by atoms with Crippen LogP contribution in [0.15, 0.2) is 23.3 Å². The number of allylic oxidation sites excluding steroid dienone is 4. The van der Waals surface area contributed by atoms with E-state index in [0.717, 1.165) is 89.9 Å². The van der Waals surface area contributed by atoms with Gasteiger partial charge in [0.1, 0.15) is 47.8 Å². The lowest BCUT2D eigenvalue weighted by atomic mass is 9.33. The van der Waals surface area contributed by atoms with E-state index in [1.54, 1.807) is 0 Å². The molecule has 8 saturated carbocycles. The Morgan fingerprint density at radius 1 is 0.489 bits per heavy atom. The summed E-state index contributed by atoms with van der Waals surface area (Å²) in [5.74, 6) is -0.744. The second-order valence-electron chi connectivity index (χ2n) is 35.0. The summed E-state index contributed by atoms with van der Waals surface area (Å²) in [4.78, 5) is 75.2. The lowest BCUT2D eigenvalue weighted by Gasteiger charge is -2.70. The molecule has 0 aromatic heterocycles. The van der Waals surface area contributed by atoms with Gasteiger partial charge in [-0.2, -0.15) is 0 Å². The zero-order valence-corrected chi connectivity index (χ0v) is 56.9. The Kier molecular flexibility index (Phi) is 17.6. The van der Waals surface area contributed by atoms with Crippen LogP contribution in [-0.4, -0.2) is 158 Å². The maximum absolute atomic E-state index is 14.9. The van der Waals surface area contributed by atoms with Crippen molar-refractivity contribution in [2.45, 2.75) is 298 Å². The second kappa shape index (κ2) is 23.2. The summed E-state index contributed by atoms with van der Waals surface area (Å²) < 4.78 is 39.7. The van der Waals surface area contributed by atoms with Crippen LogP contribution in [-0.2, 0) is 61.9 Å². The number of fused-ring (bicyclic) bond motifs is 14. The standard InChI is InChI=1S/C42H62O16.C30H46O4/c1-37(2)23-8-11-42(7)32(22(45)16-20-21-17-39(4,54-19-44)14-12-38(21,3)13-15-41(20,42)6)40(23,5)10-9-24(37)55-36-31(27(48)26(47)30(56-36)33(51)52)57-35-29(50)25(46)28(49)34(58-35)53-18-43;1-25(2)22-8-11-30(7)24(28(22,5)10-9-23(25)33)21(32)16-19-20-17-27(4,34-18-31)14-12-26(20,3)13-15-29(19,30)6/h16,18-19,21,23-32,34-36,46-50H,8-15,17H2,1-7H3,(H,51,52);16,18,20,22-24,33H,8-15,17H2,1-7H3/t21-,23-,24-,25-,26-,27-,28-,29+,30-,31+,32+,34-,35+,36+,38+,39-,40-,41+,42+;20-,22-,23-,24+,26+,27-,28-,29+,30+/m00/s1. The number of hydrogen-bond acceptors (Lipinski definition) is 19. The van der Waals surface area contributed by atoms with Gasteiger partial charge in [0.25, 0.3) is 19.4 Å². The minimum absolute atomic E-state index is 0.00163. The van der Waals surface area contributed by atoms with Gasteiger partial charge < -0.3 is 68.9 Å². The highest BCUT2D eigenvalue weighted by Gasteiger charge is 2.73. The summed E-state index contributed by atoms with van der Waals surface area (Å²) in [6, 6.07) is 0. The van der Waals surface area contributed by atoms with Crippen molar-refractivity contribution in [2.24, 2.45) is 89.7 Å². The van der Waals surface area contributed by atoms with E-state index in [-0.39, 0.29) is 91.3 Å². The third kappa shape index (κ3) is 10.3. The molecule has 10 aliphatic carbocycles. The average molecular weight is 1290 g/mol. The highest BCUT2D eigenvalue weighted by Crippen LogP contribution is 2.77. The van der Waals surface area contributed by atoms with Crippen molar-refractivity contribution >= 4 is 37.0 Å². The molecule has 2 saturated heterocycles. The maximum atomic E-state index is 14.9. The number of aliphatic hydroxyl groups excluding tert-OH is 6. The molecule has 516 valence electrons. The van der Waals surface area contributed by atoms with Crippen LogP contribution in [0.25, 0.3) is 0 Å². The van der Waals surface area contributed by atoms with Gasteiger partial charge in [0, 0.05) is 11.8 Å². The van der Waals surface area contributed by atoms with E-state index in [2.05, 4.69) is 82.2 Å². The first-order valence-electron chi connectivity index (χ1n) is 34.5. The minimum Gasteiger partial charge on any atom is -0.479 e. The topological polar surface area (TPSA) is 309 Å². The molecule has 0 aromatic carbocycles. The molecule has 20 heteroatoms. The van der Waals surface area contributed by atoms with Gasteiger partial charge in [-0.25, -0.2) is 4.79 Å². The normalized spacial score (nSPS) is 53.0. The Bertz CT molecular complexity index is 2980. The first-order chi connectivity index (χ1) is 42.7. The Morgan fingerprint density at radius 2 is 0.946 bits per heavy atom. The molecule has 0 spiro atoms. The average Bonchev–Trinajstić information content (AvgIpc) is 0.680. The summed E-state index contributed by atoms with van der Waals surface area (Å²) in [6.45, 7) is 32.6. The first kappa shape index (κ1) is 69.6. The number of rotatable bonds is 11. The van der Waals surface area contributed by atoms with Gasteiger partial charge in [0.15, 0.2) is 30.3 Å². The highest BCUT2D eigenvalue weighted by atomic mass is 16.8. The van der Waals surface area contributed by atoms with Gasteiger partial charge >= 0.3 is 5.97 Å². The zero-order valence-electron chi connectivity index (χ0n) is 56.9. The summed E-state index contributed by atoms with van der Waals surface area (Å²) in [5.41, 5.74) is -0.445. The van der Waals surface area contributed by atoms with E-state index in [4.69, 9.17) is 33.2 Å². The molecular formula is C72H108O20. The summed E-state index contributed by atoms with van der Waals surface area (Å²) in [5, 5.41) is 74.3. The predicted octanol–water partition coefficient (Wildman–Crippen LogP) is 8.39. The number of ketones is 2. The van der Waals surface area contributed by atoms with Crippen LogP contribution >= 0.6 is 0 Å². The minimum atomic E-state index is -2.01. The molecule has 0 unspecified atom stereocenters. The number of carbonyl (C=O) groups is 6. The predicted molar refractivity (Wildman–Crippen MR) is 332 cm³/mol. The molecule has 0 bridgehead atoms. The molecule has 20 nitrogen and oxygen atoms in total. The van der Waals surface area contributed by atoms with Crippen molar-refractivity contribution in [1.29, 1.82) is 0 Å². The van der Waals surface area contributed by atoms with E-state index in [9.17, 15) is 64.5 Å². The number of aliphatic hydroxyl groups is 6. The van der Waals surface area contributed by atoms with Crippen LogP contribution in [0.3, 0.4) is 0 Å². The fourth-order valence-corrected chi connectivity index (χ4v) is 23.7. The van der Waals surface area contributed by atoms with Crippen molar-refractivity contribution in [3.05, 3.63) is 23.3 Å². The second-order valence-corrected chi connectivity index (χ2v) is 35.0.